The molecule has 0 saturated heterocycles. The van der Waals surface area contributed by atoms with Crippen molar-refractivity contribution in [3.05, 3.63) is 29.3 Å². The van der Waals surface area contributed by atoms with E-state index in [-0.39, 0.29) is 31.9 Å². The third kappa shape index (κ3) is 8.66. The molecule has 0 saturated carbocycles. The molecule has 0 radical (unpaired) electrons. The number of fused-ring (bicyclic) bond motifs is 1. The van der Waals surface area contributed by atoms with Crippen molar-refractivity contribution < 1.29 is 33.7 Å². The van der Waals surface area contributed by atoms with E-state index in [0.717, 1.165) is 24.8 Å². The maximum atomic E-state index is 13.0. The number of nitrogens with zero attached hydrogens (tertiary/aromatic N) is 1. The monoisotopic (exact) mass is 464 g/mol. The van der Waals surface area contributed by atoms with Gasteiger partial charge in [-0.3, -0.25) is 14.4 Å². The van der Waals surface area contributed by atoms with Gasteiger partial charge in [0.15, 0.2) is 0 Å². The minimum atomic E-state index is -0.894. The average Bonchev–Trinajstić information content (AvgIpc) is 3.04. The zero-order valence-corrected chi connectivity index (χ0v) is 19.8. The molecule has 0 bridgehead atoms. The third-order valence-corrected chi connectivity index (χ3v) is 5.10. The Kier molecular flexibility index (Phi) is 10.1. The van der Waals surface area contributed by atoms with Gasteiger partial charge in [0.25, 0.3) is 5.91 Å². The molecule has 0 aromatic heterocycles. The highest BCUT2D eigenvalue weighted by atomic mass is 16.6. The number of aliphatic hydroxyl groups excluding tert-OH is 1. The van der Waals surface area contributed by atoms with Gasteiger partial charge < -0.3 is 30.0 Å². The Hall–Kier alpha value is -2.65. The fraction of sp³-hybridized carbons (Fsp3) is 0.625. The molecule has 1 aliphatic rings. The number of ether oxygens (including phenoxy) is 3. The lowest BCUT2D eigenvalue weighted by atomic mass is 10.1. The fourth-order valence-electron chi connectivity index (χ4n) is 3.58. The standard InChI is InChI=1S/C24H36N2O7/c1-24(2,3)33-21(28)10-9-20(22(25)29)26-16-17-7-8-18(15-19(17)23(26)30)32-13-6-4-5-12-31-14-11-27/h7-8,15,20,27H,4-6,9-14,16H2,1-3H3,(H2,25,29). The smallest absolute Gasteiger partial charge is 0.306 e. The van der Waals surface area contributed by atoms with Gasteiger partial charge in [-0.05, 0) is 64.2 Å². The summed E-state index contributed by atoms with van der Waals surface area (Å²) in [6.07, 6.45) is 2.76. The number of amides is 2. The summed E-state index contributed by atoms with van der Waals surface area (Å²) >= 11 is 0. The molecule has 1 aromatic carbocycles. The van der Waals surface area contributed by atoms with E-state index in [1.54, 1.807) is 32.9 Å². The molecule has 9 heteroatoms. The molecule has 1 heterocycles. The number of aliphatic hydroxyl groups is 1. The van der Waals surface area contributed by atoms with Gasteiger partial charge in [-0.2, -0.15) is 0 Å². The number of hydrogen-bond acceptors (Lipinski definition) is 7. The van der Waals surface area contributed by atoms with Crippen molar-refractivity contribution >= 4 is 17.8 Å². The van der Waals surface area contributed by atoms with E-state index < -0.39 is 23.5 Å². The molecular weight excluding hydrogens is 428 g/mol. The lowest BCUT2D eigenvalue weighted by Gasteiger charge is -2.25. The van der Waals surface area contributed by atoms with E-state index in [2.05, 4.69) is 0 Å². The van der Waals surface area contributed by atoms with E-state index >= 15 is 0 Å². The van der Waals surface area contributed by atoms with Gasteiger partial charge in [-0.25, -0.2) is 0 Å². The molecule has 3 N–H and O–H groups in total. The van der Waals surface area contributed by atoms with Crippen molar-refractivity contribution in [1.82, 2.24) is 4.90 Å². The van der Waals surface area contributed by atoms with Gasteiger partial charge in [0.1, 0.15) is 17.4 Å². The summed E-state index contributed by atoms with van der Waals surface area (Å²) in [6.45, 7) is 7.06. The summed E-state index contributed by atoms with van der Waals surface area (Å²) in [5.74, 6) is -0.804. The summed E-state index contributed by atoms with van der Waals surface area (Å²) < 4.78 is 16.3. The molecule has 9 nitrogen and oxygen atoms in total. The van der Waals surface area contributed by atoms with E-state index in [1.165, 1.54) is 4.90 Å². The van der Waals surface area contributed by atoms with Crippen LogP contribution in [0.25, 0.3) is 0 Å². The Bertz CT molecular complexity index is 820. The summed E-state index contributed by atoms with van der Waals surface area (Å²) in [4.78, 5) is 38.5. The first-order chi connectivity index (χ1) is 15.6. The van der Waals surface area contributed by atoms with Crippen LogP contribution in [0.3, 0.4) is 0 Å². The van der Waals surface area contributed by atoms with Gasteiger partial charge in [-0.1, -0.05) is 6.07 Å². The molecule has 0 aliphatic carbocycles. The van der Waals surface area contributed by atoms with Crippen molar-refractivity contribution in [3.8, 4) is 5.75 Å². The van der Waals surface area contributed by atoms with Crippen LogP contribution in [-0.4, -0.2) is 65.9 Å². The first-order valence-electron chi connectivity index (χ1n) is 11.4. The highest BCUT2D eigenvalue weighted by Crippen LogP contribution is 2.29. The molecule has 1 aromatic rings. The number of carbonyl (C=O) groups is 3. The van der Waals surface area contributed by atoms with Gasteiger partial charge in [0.05, 0.1) is 19.8 Å². The second-order valence-corrected chi connectivity index (χ2v) is 9.04. The molecule has 1 atom stereocenters. The summed E-state index contributed by atoms with van der Waals surface area (Å²) in [5, 5.41) is 8.66. The van der Waals surface area contributed by atoms with Crippen LogP contribution in [0.2, 0.25) is 0 Å². The molecule has 184 valence electrons. The number of benzene rings is 1. The van der Waals surface area contributed by atoms with E-state index in [4.69, 9.17) is 25.1 Å². The second kappa shape index (κ2) is 12.6. The molecule has 1 aliphatic heterocycles. The van der Waals surface area contributed by atoms with E-state index in [0.29, 0.717) is 31.1 Å². The van der Waals surface area contributed by atoms with Crippen LogP contribution in [0.5, 0.6) is 5.75 Å². The SMILES string of the molecule is CC(C)(C)OC(=O)CCC(C(N)=O)N1Cc2ccc(OCCCCCOCCO)cc2C1=O. The van der Waals surface area contributed by atoms with Crippen LogP contribution in [0.15, 0.2) is 18.2 Å². The number of unbranched alkanes of at least 4 members (excludes halogenated alkanes) is 2. The summed E-state index contributed by atoms with van der Waals surface area (Å²) in [7, 11) is 0. The molecule has 0 spiro atoms. The topological polar surface area (TPSA) is 128 Å². The molecule has 33 heavy (non-hydrogen) atoms. The van der Waals surface area contributed by atoms with Crippen molar-refractivity contribution in [3.63, 3.8) is 0 Å². The molecular formula is C24H36N2O7. The average molecular weight is 465 g/mol. The normalized spacial score (nSPS) is 14.2. The Morgan fingerprint density at radius 3 is 2.55 bits per heavy atom. The number of esters is 1. The summed E-state index contributed by atoms with van der Waals surface area (Å²) in [5.41, 5.74) is 6.21. The van der Waals surface area contributed by atoms with Gasteiger partial charge in [-0.15, -0.1) is 0 Å². The zero-order valence-electron chi connectivity index (χ0n) is 19.8. The van der Waals surface area contributed by atoms with Crippen molar-refractivity contribution in [1.29, 1.82) is 0 Å². The molecule has 0 fully saturated rings. The van der Waals surface area contributed by atoms with Crippen molar-refractivity contribution in [2.75, 3.05) is 26.4 Å². The van der Waals surface area contributed by atoms with Crippen LogP contribution in [0.4, 0.5) is 0 Å². The molecule has 2 rings (SSSR count). The summed E-state index contributed by atoms with van der Waals surface area (Å²) in [6, 6.07) is 4.42. The lowest BCUT2D eigenvalue weighted by Crippen LogP contribution is -2.45. The van der Waals surface area contributed by atoms with Crippen LogP contribution < -0.4 is 10.5 Å². The van der Waals surface area contributed by atoms with Gasteiger partial charge in [0.2, 0.25) is 5.91 Å². The van der Waals surface area contributed by atoms with Crippen LogP contribution in [0.1, 0.15) is 68.8 Å². The Labute approximate surface area is 195 Å². The first-order valence-corrected chi connectivity index (χ1v) is 11.4. The highest BCUT2D eigenvalue weighted by molar-refractivity contribution is 6.01. The molecule has 1 unspecified atom stereocenters. The van der Waals surface area contributed by atoms with Crippen LogP contribution >= 0.6 is 0 Å². The van der Waals surface area contributed by atoms with E-state index in [9.17, 15) is 14.4 Å². The Morgan fingerprint density at radius 1 is 1.15 bits per heavy atom. The number of hydrogen-bond donors (Lipinski definition) is 2. The van der Waals surface area contributed by atoms with Gasteiger partial charge >= 0.3 is 5.97 Å². The van der Waals surface area contributed by atoms with Gasteiger partial charge in [0, 0.05) is 25.1 Å². The predicted molar refractivity (Wildman–Crippen MR) is 122 cm³/mol. The number of carbonyl (C=O) groups excluding carboxylic acids is 3. The first kappa shape index (κ1) is 26.6. The largest absolute Gasteiger partial charge is 0.494 e. The Balaban J connectivity index is 1.88. The minimum Gasteiger partial charge on any atom is -0.494 e. The number of rotatable bonds is 14. The molecule has 2 amide bonds. The maximum Gasteiger partial charge on any atom is 0.306 e. The number of primary amides is 1. The highest BCUT2D eigenvalue weighted by Gasteiger charge is 2.36. The van der Waals surface area contributed by atoms with Crippen molar-refractivity contribution in [2.24, 2.45) is 5.73 Å². The number of nitrogens with two attached hydrogens (primary N) is 1. The van der Waals surface area contributed by atoms with E-state index in [1.807, 2.05) is 6.07 Å². The lowest BCUT2D eigenvalue weighted by molar-refractivity contribution is -0.155. The predicted octanol–water partition coefficient (Wildman–Crippen LogP) is 2.18. The van der Waals surface area contributed by atoms with Crippen LogP contribution in [-0.2, 0) is 25.6 Å². The quantitative estimate of drug-likeness (QED) is 0.319. The maximum absolute atomic E-state index is 13.0. The van der Waals surface area contributed by atoms with Crippen LogP contribution in [0, 0.1) is 0 Å². The zero-order chi connectivity index (χ0) is 24.4. The second-order valence-electron chi connectivity index (χ2n) is 9.04. The van der Waals surface area contributed by atoms with Crippen molar-refractivity contribution in [2.45, 2.75) is 71.1 Å². The fourth-order valence-corrected chi connectivity index (χ4v) is 3.58. The minimum absolute atomic E-state index is 0.00952. The Morgan fingerprint density at radius 2 is 1.88 bits per heavy atom. The third-order valence-electron chi connectivity index (χ3n) is 5.10.